The van der Waals surface area contributed by atoms with Gasteiger partial charge in [-0.2, -0.15) is 0 Å². The van der Waals surface area contributed by atoms with E-state index in [-0.39, 0.29) is 5.91 Å². The van der Waals surface area contributed by atoms with Crippen LogP contribution in [0.3, 0.4) is 0 Å². The minimum absolute atomic E-state index is 0.0786. The second-order valence-corrected chi connectivity index (χ2v) is 14.4. The standard InChI is InChI=1S/C21H23N3O2S.C12H18N2OS/c25-21(18-11-15-3-1-2-4-16(15)22-18)24-9-7-17-19(12-24)27-20(23-17)6-5-14-8-10-26-13-14;1-2-9(15-7-1)3-4-12-14-10-5-6-13-8-11(10)16-12/h1-4,11,14,22H,5-10,12-13H2;9,13H,1-8H2. The number of H-pyrrole nitrogens is 1. The van der Waals surface area contributed by atoms with E-state index in [4.69, 9.17) is 19.4 Å². The van der Waals surface area contributed by atoms with Gasteiger partial charge in [0.05, 0.1) is 34.1 Å². The molecule has 8 nitrogen and oxygen atoms in total. The van der Waals surface area contributed by atoms with Crippen molar-refractivity contribution in [3.63, 3.8) is 0 Å². The normalized spacial score (nSPS) is 21.4. The first-order valence-electron chi connectivity index (χ1n) is 15.9. The van der Waals surface area contributed by atoms with Crippen molar-refractivity contribution < 1.29 is 14.3 Å². The maximum absolute atomic E-state index is 13.0. The molecule has 4 aliphatic heterocycles. The zero-order valence-corrected chi connectivity index (χ0v) is 26.4. The molecule has 2 saturated heterocycles. The summed E-state index contributed by atoms with van der Waals surface area (Å²) < 4.78 is 11.1. The molecule has 1 aromatic carbocycles. The zero-order valence-electron chi connectivity index (χ0n) is 24.7. The molecule has 228 valence electrons. The molecular formula is C33H41N5O3S2. The molecule has 7 heterocycles. The Bertz CT molecular complexity index is 1480. The van der Waals surface area contributed by atoms with Crippen molar-refractivity contribution in [2.24, 2.45) is 5.92 Å². The van der Waals surface area contributed by atoms with Gasteiger partial charge in [0.2, 0.25) is 0 Å². The van der Waals surface area contributed by atoms with Crippen LogP contribution in [0.1, 0.15) is 73.7 Å². The predicted molar refractivity (Wildman–Crippen MR) is 171 cm³/mol. The van der Waals surface area contributed by atoms with Gasteiger partial charge in [-0.05, 0) is 56.6 Å². The molecule has 4 aromatic rings. The third-order valence-electron chi connectivity index (χ3n) is 8.96. The first-order chi connectivity index (χ1) is 21.2. The van der Waals surface area contributed by atoms with Gasteiger partial charge in [-0.25, -0.2) is 9.97 Å². The number of rotatable bonds is 7. The summed E-state index contributed by atoms with van der Waals surface area (Å²) in [6.45, 7) is 6.29. The lowest BCUT2D eigenvalue weighted by atomic mass is 10.0. The Balaban J connectivity index is 0.000000160. The van der Waals surface area contributed by atoms with Gasteiger partial charge in [0.25, 0.3) is 5.91 Å². The Morgan fingerprint density at radius 1 is 1.00 bits per heavy atom. The summed E-state index contributed by atoms with van der Waals surface area (Å²) in [7, 11) is 0. The number of carbonyl (C=O) groups excluding carboxylic acids is 1. The van der Waals surface area contributed by atoms with Crippen LogP contribution in [0.15, 0.2) is 30.3 Å². The molecule has 3 aromatic heterocycles. The lowest BCUT2D eigenvalue weighted by Crippen LogP contribution is -2.35. The van der Waals surface area contributed by atoms with Crippen molar-refractivity contribution in [2.75, 3.05) is 32.9 Å². The topological polar surface area (TPSA) is 92.4 Å². The fourth-order valence-corrected chi connectivity index (χ4v) is 8.72. The van der Waals surface area contributed by atoms with Gasteiger partial charge in [0.1, 0.15) is 5.69 Å². The number of aromatic amines is 1. The largest absolute Gasteiger partial charge is 0.381 e. The number of aryl methyl sites for hydroxylation is 2. The van der Waals surface area contributed by atoms with Gasteiger partial charge in [0.15, 0.2) is 0 Å². The highest BCUT2D eigenvalue weighted by Gasteiger charge is 2.26. The quantitative estimate of drug-likeness (QED) is 0.276. The van der Waals surface area contributed by atoms with E-state index in [0.717, 1.165) is 88.9 Å². The molecule has 2 unspecified atom stereocenters. The van der Waals surface area contributed by atoms with Crippen LogP contribution in [0.5, 0.6) is 0 Å². The van der Waals surface area contributed by atoms with E-state index < -0.39 is 0 Å². The summed E-state index contributed by atoms with van der Waals surface area (Å²) in [6, 6.07) is 9.97. The fraction of sp³-hybridized carbons (Fsp3) is 0.545. The molecule has 0 spiro atoms. The van der Waals surface area contributed by atoms with Crippen molar-refractivity contribution in [3.05, 3.63) is 67.2 Å². The Morgan fingerprint density at radius 2 is 1.84 bits per heavy atom. The number of thiazole rings is 2. The average Bonchev–Trinajstić information content (AvgIpc) is 3.88. The van der Waals surface area contributed by atoms with Crippen molar-refractivity contribution in [3.8, 4) is 0 Å². The first-order valence-corrected chi connectivity index (χ1v) is 17.5. The Morgan fingerprint density at radius 3 is 2.63 bits per heavy atom. The third-order valence-corrected chi connectivity index (χ3v) is 11.3. The molecule has 0 bridgehead atoms. The number of amides is 1. The molecule has 2 N–H and O–H groups in total. The van der Waals surface area contributed by atoms with Crippen LogP contribution in [0.4, 0.5) is 0 Å². The van der Waals surface area contributed by atoms with E-state index >= 15 is 0 Å². The van der Waals surface area contributed by atoms with Gasteiger partial charge in [-0.15, -0.1) is 22.7 Å². The molecule has 43 heavy (non-hydrogen) atoms. The maximum atomic E-state index is 13.0. The summed E-state index contributed by atoms with van der Waals surface area (Å²) in [5.74, 6) is 0.765. The first kappa shape index (κ1) is 29.1. The Kier molecular flexibility index (Phi) is 9.18. The highest BCUT2D eigenvalue weighted by molar-refractivity contribution is 7.12. The third kappa shape index (κ3) is 7.04. The number of aromatic nitrogens is 3. The summed E-state index contributed by atoms with van der Waals surface area (Å²) in [4.78, 5) is 30.4. The molecule has 0 aliphatic carbocycles. The zero-order chi connectivity index (χ0) is 29.0. The number of benzene rings is 1. The number of hydrogen-bond donors (Lipinski definition) is 2. The number of fused-ring (bicyclic) bond motifs is 3. The van der Waals surface area contributed by atoms with E-state index in [1.807, 2.05) is 46.6 Å². The van der Waals surface area contributed by atoms with Gasteiger partial charge < -0.3 is 24.7 Å². The molecular weight excluding hydrogens is 579 g/mol. The number of para-hydroxylation sites is 1. The van der Waals surface area contributed by atoms with Crippen molar-refractivity contribution >= 4 is 39.5 Å². The van der Waals surface area contributed by atoms with Crippen molar-refractivity contribution in [1.82, 2.24) is 25.2 Å². The monoisotopic (exact) mass is 619 g/mol. The second kappa shape index (κ2) is 13.6. The summed E-state index contributed by atoms with van der Waals surface area (Å²) >= 11 is 3.67. The molecule has 2 fully saturated rings. The predicted octanol–water partition coefficient (Wildman–Crippen LogP) is 5.69. The SMILES string of the molecule is C1COC(CCc2nc3c(s2)CNCC3)C1.O=C(c1cc2ccccc2[nH]1)N1CCc2nc(CCC3CCOC3)sc2C1. The van der Waals surface area contributed by atoms with E-state index in [2.05, 4.69) is 10.3 Å². The summed E-state index contributed by atoms with van der Waals surface area (Å²) in [5.41, 5.74) is 4.21. The summed E-state index contributed by atoms with van der Waals surface area (Å²) in [5, 5.41) is 7.00. The molecule has 1 amide bonds. The second-order valence-electron chi connectivity index (χ2n) is 12.1. The van der Waals surface area contributed by atoms with E-state index in [0.29, 0.717) is 24.3 Å². The minimum Gasteiger partial charge on any atom is -0.381 e. The van der Waals surface area contributed by atoms with Crippen LogP contribution in [-0.4, -0.2) is 64.8 Å². The smallest absolute Gasteiger partial charge is 0.270 e. The molecule has 4 aliphatic rings. The lowest BCUT2D eigenvalue weighted by Gasteiger charge is -2.25. The number of hydrogen-bond acceptors (Lipinski definition) is 8. The number of nitrogens with zero attached hydrogens (tertiary/aromatic N) is 3. The van der Waals surface area contributed by atoms with Crippen LogP contribution in [0, 0.1) is 5.92 Å². The van der Waals surface area contributed by atoms with Crippen LogP contribution in [-0.2, 0) is 48.2 Å². The van der Waals surface area contributed by atoms with Crippen LogP contribution in [0.25, 0.3) is 10.9 Å². The average molecular weight is 620 g/mol. The van der Waals surface area contributed by atoms with Crippen LogP contribution < -0.4 is 5.32 Å². The van der Waals surface area contributed by atoms with Crippen molar-refractivity contribution in [2.45, 2.75) is 77.0 Å². The Labute approximate surface area is 261 Å². The molecule has 2 atom stereocenters. The summed E-state index contributed by atoms with van der Waals surface area (Å²) in [6.07, 6.45) is 10.6. The fourth-order valence-electron chi connectivity index (χ4n) is 6.47. The maximum Gasteiger partial charge on any atom is 0.270 e. The van der Waals surface area contributed by atoms with Gasteiger partial charge >= 0.3 is 0 Å². The van der Waals surface area contributed by atoms with Gasteiger partial charge in [-0.1, -0.05) is 18.2 Å². The van der Waals surface area contributed by atoms with Crippen LogP contribution in [0.2, 0.25) is 0 Å². The van der Waals surface area contributed by atoms with Gasteiger partial charge in [0, 0.05) is 79.4 Å². The number of ether oxygens (including phenoxy) is 2. The molecule has 0 radical (unpaired) electrons. The lowest BCUT2D eigenvalue weighted by molar-refractivity contribution is 0.0731. The highest BCUT2D eigenvalue weighted by Crippen LogP contribution is 2.29. The highest BCUT2D eigenvalue weighted by atomic mass is 32.1. The molecule has 10 heteroatoms. The van der Waals surface area contributed by atoms with Crippen LogP contribution >= 0.6 is 22.7 Å². The van der Waals surface area contributed by atoms with Gasteiger partial charge in [-0.3, -0.25) is 4.79 Å². The Hall–Kier alpha value is -2.63. The minimum atomic E-state index is 0.0786. The van der Waals surface area contributed by atoms with Crippen molar-refractivity contribution in [1.29, 1.82) is 0 Å². The van der Waals surface area contributed by atoms with E-state index in [1.54, 1.807) is 11.3 Å². The number of nitrogens with one attached hydrogen (secondary N) is 2. The van der Waals surface area contributed by atoms with E-state index in [9.17, 15) is 4.79 Å². The van der Waals surface area contributed by atoms with E-state index in [1.165, 1.54) is 50.4 Å². The molecule has 8 rings (SSSR count). The number of carbonyl (C=O) groups is 1. The molecule has 0 saturated carbocycles.